The van der Waals surface area contributed by atoms with Crippen molar-refractivity contribution in [3.05, 3.63) is 30.1 Å². The molecule has 0 unspecified atom stereocenters. The highest BCUT2D eigenvalue weighted by atomic mass is 35.5. The third kappa shape index (κ3) is 4.36. The Morgan fingerprint density at radius 1 is 1.37 bits per heavy atom. The molecule has 0 spiro atoms. The fourth-order valence-electron chi connectivity index (χ4n) is 1.98. The average Bonchev–Trinajstić information content (AvgIpc) is 2.46. The highest BCUT2D eigenvalue weighted by Gasteiger charge is 2.21. The Morgan fingerprint density at radius 3 is 2.58 bits per heavy atom. The van der Waals surface area contributed by atoms with Gasteiger partial charge in [0.1, 0.15) is 0 Å². The lowest BCUT2D eigenvalue weighted by Crippen LogP contribution is -2.47. The van der Waals surface area contributed by atoms with E-state index in [-0.39, 0.29) is 18.4 Å². The summed E-state index contributed by atoms with van der Waals surface area (Å²) < 4.78 is 5.26. The van der Waals surface area contributed by atoms with Crippen LogP contribution in [0.1, 0.15) is 12.5 Å². The molecule has 19 heavy (non-hydrogen) atoms. The largest absolute Gasteiger partial charge is 0.378 e. The number of aromatic nitrogens is 1. The van der Waals surface area contributed by atoms with Gasteiger partial charge in [0.2, 0.25) is 0 Å². The van der Waals surface area contributed by atoms with Crippen molar-refractivity contribution in [2.45, 2.75) is 13.5 Å². The second-order valence-corrected chi connectivity index (χ2v) is 4.25. The van der Waals surface area contributed by atoms with Crippen molar-refractivity contribution < 1.29 is 9.53 Å². The number of hydrogen-bond acceptors (Lipinski definition) is 3. The summed E-state index contributed by atoms with van der Waals surface area (Å²) in [4.78, 5) is 20.0. The van der Waals surface area contributed by atoms with Crippen molar-refractivity contribution in [3.8, 4) is 0 Å². The lowest BCUT2D eigenvalue weighted by atomic mass is 10.2. The van der Waals surface area contributed by atoms with Gasteiger partial charge in [-0.3, -0.25) is 4.98 Å². The summed E-state index contributed by atoms with van der Waals surface area (Å²) in [6.45, 7) is 5.99. The quantitative estimate of drug-likeness (QED) is 0.850. The zero-order chi connectivity index (χ0) is 12.8. The number of pyridine rings is 1. The molecular weight excluding hydrogens is 266 g/mol. The van der Waals surface area contributed by atoms with Gasteiger partial charge in [-0.05, 0) is 24.6 Å². The van der Waals surface area contributed by atoms with Crippen LogP contribution in [0.3, 0.4) is 0 Å². The normalized spacial score (nSPS) is 14.7. The monoisotopic (exact) mass is 285 g/mol. The van der Waals surface area contributed by atoms with Gasteiger partial charge in [0, 0.05) is 38.6 Å². The van der Waals surface area contributed by atoms with Gasteiger partial charge in [-0.15, -0.1) is 12.4 Å². The highest BCUT2D eigenvalue weighted by Crippen LogP contribution is 2.08. The van der Waals surface area contributed by atoms with Gasteiger partial charge in [-0.2, -0.15) is 0 Å². The summed E-state index contributed by atoms with van der Waals surface area (Å²) in [6.07, 6.45) is 3.50. The zero-order valence-corrected chi connectivity index (χ0v) is 11.9. The van der Waals surface area contributed by atoms with E-state index in [1.165, 1.54) is 0 Å². The Kier molecular flexibility index (Phi) is 6.59. The summed E-state index contributed by atoms with van der Waals surface area (Å²) in [7, 11) is 0. The Morgan fingerprint density at radius 2 is 2.00 bits per heavy atom. The van der Waals surface area contributed by atoms with Gasteiger partial charge in [-0.25, -0.2) is 4.79 Å². The number of morpholine rings is 1. The van der Waals surface area contributed by atoms with Gasteiger partial charge >= 0.3 is 6.03 Å². The van der Waals surface area contributed by atoms with E-state index in [2.05, 4.69) is 4.98 Å². The summed E-state index contributed by atoms with van der Waals surface area (Å²) in [6, 6.07) is 3.97. The minimum Gasteiger partial charge on any atom is -0.378 e. The van der Waals surface area contributed by atoms with Crippen LogP contribution < -0.4 is 0 Å². The van der Waals surface area contributed by atoms with Gasteiger partial charge in [0.15, 0.2) is 0 Å². The summed E-state index contributed by atoms with van der Waals surface area (Å²) in [5.41, 5.74) is 1.11. The van der Waals surface area contributed by atoms with Crippen LogP contribution in [-0.2, 0) is 11.3 Å². The Labute approximate surface area is 120 Å². The molecule has 1 aliphatic heterocycles. The second-order valence-electron chi connectivity index (χ2n) is 4.25. The maximum atomic E-state index is 12.3. The van der Waals surface area contributed by atoms with E-state index >= 15 is 0 Å². The molecule has 0 atom stereocenters. The Hall–Kier alpha value is -1.33. The standard InChI is InChI=1S/C13H19N3O2.ClH/c1-2-15(11-12-3-5-14-6-4-12)13(17)16-7-9-18-10-8-16;/h3-6H,2,7-11H2,1H3;1H. The highest BCUT2D eigenvalue weighted by molar-refractivity contribution is 5.85. The summed E-state index contributed by atoms with van der Waals surface area (Å²) in [5, 5.41) is 0. The van der Waals surface area contributed by atoms with Crippen molar-refractivity contribution in [1.29, 1.82) is 0 Å². The molecule has 2 rings (SSSR count). The molecule has 1 fully saturated rings. The first-order chi connectivity index (χ1) is 8.81. The molecule has 6 heteroatoms. The molecule has 1 aromatic heterocycles. The van der Waals surface area contributed by atoms with Crippen molar-refractivity contribution in [1.82, 2.24) is 14.8 Å². The van der Waals surface area contributed by atoms with Crippen LogP contribution in [0.4, 0.5) is 4.79 Å². The van der Waals surface area contributed by atoms with Gasteiger partial charge in [0.25, 0.3) is 0 Å². The molecule has 1 aliphatic rings. The minimum absolute atomic E-state index is 0. The van der Waals surface area contributed by atoms with Crippen LogP contribution in [0.2, 0.25) is 0 Å². The third-order valence-electron chi connectivity index (χ3n) is 3.06. The predicted octanol–water partition coefficient (Wildman–Crippen LogP) is 1.78. The second kappa shape index (κ2) is 7.96. The predicted molar refractivity (Wildman–Crippen MR) is 75.4 cm³/mol. The molecule has 5 nitrogen and oxygen atoms in total. The van der Waals surface area contributed by atoms with Crippen LogP contribution in [0, 0.1) is 0 Å². The molecule has 0 saturated carbocycles. The zero-order valence-electron chi connectivity index (χ0n) is 11.1. The van der Waals surface area contributed by atoms with E-state index in [1.807, 2.05) is 28.9 Å². The van der Waals surface area contributed by atoms with E-state index in [0.717, 1.165) is 5.56 Å². The van der Waals surface area contributed by atoms with Crippen LogP contribution in [-0.4, -0.2) is 53.7 Å². The first kappa shape index (κ1) is 15.7. The molecule has 0 aliphatic carbocycles. The molecule has 0 bridgehead atoms. The first-order valence-electron chi connectivity index (χ1n) is 6.31. The molecule has 0 N–H and O–H groups in total. The fraction of sp³-hybridized carbons (Fsp3) is 0.538. The van der Waals surface area contributed by atoms with Crippen LogP contribution in [0.5, 0.6) is 0 Å². The van der Waals surface area contributed by atoms with E-state index < -0.39 is 0 Å². The summed E-state index contributed by atoms with van der Waals surface area (Å²) in [5.74, 6) is 0. The molecule has 1 saturated heterocycles. The number of carbonyl (C=O) groups excluding carboxylic acids is 1. The number of urea groups is 1. The van der Waals surface area contributed by atoms with Crippen LogP contribution in [0.25, 0.3) is 0 Å². The lowest BCUT2D eigenvalue weighted by Gasteiger charge is -2.32. The first-order valence-corrected chi connectivity index (χ1v) is 6.31. The Bertz CT molecular complexity index is 383. The van der Waals surface area contributed by atoms with Gasteiger partial charge < -0.3 is 14.5 Å². The van der Waals surface area contributed by atoms with Crippen LogP contribution >= 0.6 is 12.4 Å². The molecular formula is C13H20ClN3O2. The van der Waals surface area contributed by atoms with E-state index in [0.29, 0.717) is 39.4 Å². The smallest absolute Gasteiger partial charge is 0.320 e. The molecule has 2 amide bonds. The van der Waals surface area contributed by atoms with Crippen molar-refractivity contribution in [2.24, 2.45) is 0 Å². The van der Waals surface area contributed by atoms with Crippen molar-refractivity contribution >= 4 is 18.4 Å². The van der Waals surface area contributed by atoms with E-state index in [9.17, 15) is 4.79 Å². The minimum atomic E-state index is 0. The van der Waals surface area contributed by atoms with E-state index in [4.69, 9.17) is 4.74 Å². The maximum Gasteiger partial charge on any atom is 0.320 e. The fourth-order valence-corrected chi connectivity index (χ4v) is 1.98. The van der Waals surface area contributed by atoms with Crippen molar-refractivity contribution in [2.75, 3.05) is 32.8 Å². The number of nitrogens with zero attached hydrogens (tertiary/aromatic N) is 3. The number of halogens is 1. The number of hydrogen-bond donors (Lipinski definition) is 0. The SMILES string of the molecule is CCN(Cc1ccncc1)C(=O)N1CCOCC1.Cl. The van der Waals surface area contributed by atoms with Crippen molar-refractivity contribution in [3.63, 3.8) is 0 Å². The topological polar surface area (TPSA) is 45.7 Å². The lowest BCUT2D eigenvalue weighted by molar-refractivity contribution is 0.0431. The summed E-state index contributed by atoms with van der Waals surface area (Å²) >= 11 is 0. The average molecular weight is 286 g/mol. The number of ether oxygens (including phenoxy) is 1. The molecule has 0 radical (unpaired) electrons. The number of rotatable bonds is 3. The third-order valence-corrected chi connectivity index (χ3v) is 3.06. The van der Waals surface area contributed by atoms with Gasteiger partial charge in [-0.1, -0.05) is 0 Å². The molecule has 106 valence electrons. The Balaban J connectivity index is 0.00000180. The number of carbonyl (C=O) groups is 1. The molecule has 1 aromatic rings. The van der Waals surface area contributed by atoms with Crippen LogP contribution in [0.15, 0.2) is 24.5 Å². The maximum absolute atomic E-state index is 12.3. The molecule has 2 heterocycles. The van der Waals surface area contributed by atoms with E-state index in [1.54, 1.807) is 12.4 Å². The molecule has 0 aromatic carbocycles. The number of amides is 2. The van der Waals surface area contributed by atoms with Gasteiger partial charge in [0.05, 0.1) is 13.2 Å².